The third kappa shape index (κ3) is 4.76. The van der Waals surface area contributed by atoms with Crippen LogP contribution in [-0.4, -0.2) is 33.7 Å². The van der Waals surface area contributed by atoms with Crippen LogP contribution in [0.3, 0.4) is 0 Å². The highest BCUT2D eigenvalue weighted by molar-refractivity contribution is 7.92. The Morgan fingerprint density at radius 2 is 1.73 bits per heavy atom. The molecular weight excluding hydrogens is 352 g/mol. The Hall–Kier alpha value is -2.54. The van der Waals surface area contributed by atoms with Crippen molar-refractivity contribution >= 4 is 21.6 Å². The number of sulfonamides is 1. The minimum absolute atomic E-state index is 0.256. The summed E-state index contributed by atoms with van der Waals surface area (Å²) in [6, 6.07) is 15.2. The maximum absolute atomic E-state index is 12.8. The number of methoxy groups -OCH3 is 1. The summed E-state index contributed by atoms with van der Waals surface area (Å²) in [6.07, 6.45) is 1.45. The van der Waals surface area contributed by atoms with E-state index in [9.17, 15) is 13.2 Å². The number of para-hydroxylation sites is 2. The molecule has 0 aliphatic heterocycles. The number of rotatable bonds is 8. The number of carbonyl (C=O) groups excluding carboxylic acids is 1. The molecular formula is C19H24N2O4S. The van der Waals surface area contributed by atoms with E-state index < -0.39 is 16.1 Å². The lowest BCUT2D eigenvalue weighted by Crippen LogP contribution is -2.49. The third-order valence-electron chi connectivity index (χ3n) is 3.99. The minimum atomic E-state index is -3.62. The van der Waals surface area contributed by atoms with Crippen molar-refractivity contribution < 1.29 is 17.9 Å². The number of amides is 1. The molecule has 1 N–H and O–H groups in total. The van der Waals surface area contributed by atoms with Crippen LogP contribution in [-0.2, 0) is 21.4 Å². The van der Waals surface area contributed by atoms with Crippen LogP contribution in [0, 0.1) is 0 Å². The summed E-state index contributed by atoms with van der Waals surface area (Å²) in [5, 5.41) is 2.82. The second-order valence-corrected chi connectivity index (χ2v) is 7.71. The SMILES string of the molecule is CC[C@H](C(=O)NCc1ccccc1OC)N(c1ccccc1)S(C)(=O)=O. The Balaban J connectivity index is 2.23. The zero-order valence-corrected chi connectivity index (χ0v) is 16.0. The van der Waals surface area contributed by atoms with Gasteiger partial charge in [0, 0.05) is 12.1 Å². The van der Waals surface area contributed by atoms with Gasteiger partial charge in [-0.15, -0.1) is 0 Å². The number of hydrogen-bond acceptors (Lipinski definition) is 4. The molecule has 0 radical (unpaired) electrons. The molecule has 6 nitrogen and oxygen atoms in total. The summed E-state index contributed by atoms with van der Waals surface area (Å²) in [7, 11) is -2.06. The fraction of sp³-hybridized carbons (Fsp3) is 0.316. The van der Waals surface area contributed by atoms with E-state index in [0.717, 1.165) is 11.8 Å². The molecule has 26 heavy (non-hydrogen) atoms. The summed E-state index contributed by atoms with van der Waals surface area (Å²) < 4.78 is 31.1. The molecule has 2 aromatic rings. The van der Waals surface area contributed by atoms with Gasteiger partial charge in [0.2, 0.25) is 15.9 Å². The van der Waals surface area contributed by atoms with Gasteiger partial charge in [0.25, 0.3) is 0 Å². The molecule has 0 aromatic heterocycles. The van der Waals surface area contributed by atoms with Gasteiger partial charge in [-0.05, 0) is 24.6 Å². The van der Waals surface area contributed by atoms with E-state index in [-0.39, 0.29) is 12.5 Å². The molecule has 1 amide bonds. The molecule has 0 saturated carbocycles. The summed E-state index contributed by atoms with van der Waals surface area (Å²) in [5.41, 5.74) is 1.29. The average Bonchev–Trinajstić information content (AvgIpc) is 2.63. The molecule has 7 heteroatoms. The molecule has 0 unspecified atom stereocenters. The van der Waals surface area contributed by atoms with Crippen LogP contribution in [0.1, 0.15) is 18.9 Å². The van der Waals surface area contributed by atoms with Gasteiger partial charge in [-0.1, -0.05) is 43.3 Å². The largest absolute Gasteiger partial charge is 0.496 e. The first kappa shape index (κ1) is 19.8. The van der Waals surface area contributed by atoms with Crippen LogP contribution in [0.4, 0.5) is 5.69 Å². The van der Waals surface area contributed by atoms with E-state index in [1.165, 1.54) is 4.31 Å². The van der Waals surface area contributed by atoms with E-state index in [2.05, 4.69) is 5.32 Å². The number of ether oxygens (including phenoxy) is 1. The molecule has 0 fully saturated rings. The first-order valence-electron chi connectivity index (χ1n) is 8.32. The van der Waals surface area contributed by atoms with Crippen molar-refractivity contribution in [2.75, 3.05) is 17.7 Å². The number of nitrogens with one attached hydrogen (secondary N) is 1. The average molecular weight is 376 g/mol. The van der Waals surface area contributed by atoms with Gasteiger partial charge in [0.1, 0.15) is 11.8 Å². The highest BCUT2D eigenvalue weighted by Gasteiger charge is 2.31. The van der Waals surface area contributed by atoms with Crippen LogP contribution in [0.25, 0.3) is 0 Å². The van der Waals surface area contributed by atoms with Gasteiger partial charge < -0.3 is 10.1 Å². The van der Waals surface area contributed by atoms with Crippen LogP contribution in [0.2, 0.25) is 0 Å². The smallest absolute Gasteiger partial charge is 0.244 e. The normalized spacial score (nSPS) is 12.3. The maximum Gasteiger partial charge on any atom is 0.244 e. The topological polar surface area (TPSA) is 75.7 Å². The molecule has 0 saturated heterocycles. The Morgan fingerprint density at radius 3 is 2.31 bits per heavy atom. The molecule has 1 atom stereocenters. The van der Waals surface area contributed by atoms with E-state index in [1.54, 1.807) is 44.4 Å². The summed E-state index contributed by atoms with van der Waals surface area (Å²) in [4.78, 5) is 12.8. The van der Waals surface area contributed by atoms with Crippen LogP contribution in [0.15, 0.2) is 54.6 Å². The molecule has 2 aromatic carbocycles. The fourth-order valence-corrected chi connectivity index (χ4v) is 4.00. The Kier molecular flexibility index (Phi) is 6.63. The molecule has 0 aliphatic carbocycles. The zero-order chi connectivity index (χ0) is 19.2. The van der Waals surface area contributed by atoms with Crippen LogP contribution < -0.4 is 14.4 Å². The predicted octanol–water partition coefficient (Wildman–Crippen LogP) is 2.56. The molecule has 0 aliphatic rings. The van der Waals surface area contributed by atoms with Crippen LogP contribution in [0.5, 0.6) is 5.75 Å². The zero-order valence-electron chi connectivity index (χ0n) is 15.2. The quantitative estimate of drug-likeness (QED) is 0.768. The number of benzene rings is 2. The number of hydrogen-bond donors (Lipinski definition) is 1. The van der Waals surface area contributed by atoms with Crippen LogP contribution >= 0.6 is 0 Å². The van der Waals surface area contributed by atoms with E-state index in [1.807, 2.05) is 24.3 Å². The highest BCUT2D eigenvalue weighted by Crippen LogP contribution is 2.22. The first-order chi connectivity index (χ1) is 12.4. The Bertz CT molecular complexity index is 838. The van der Waals surface area contributed by atoms with Gasteiger partial charge in [0.15, 0.2) is 0 Å². The van der Waals surface area contributed by atoms with Gasteiger partial charge >= 0.3 is 0 Å². The van der Waals surface area contributed by atoms with Gasteiger partial charge in [-0.3, -0.25) is 9.10 Å². The lowest BCUT2D eigenvalue weighted by molar-refractivity contribution is -0.122. The number of nitrogens with zero attached hydrogens (tertiary/aromatic N) is 1. The summed E-state index contributed by atoms with van der Waals surface area (Å²) >= 11 is 0. The first-order valence-corrected chi connectivity index (χ1v) is 10.2. The van der Waals surface area contributed by atoms with Gasteiger partial charge in [0.05, 0.1) is 19.1 Å². The van der Waals surface area contributed by atoms with Crippen molar-refractivity contribution in [2.24, 2.45) is 0 Å². The monoisotopic (exact) mass is 376 g/mol. The van der Waals surface area contributed by atoms with Crippen molar-refractivity contribution in [2.45, 2.75) is 25.9 Å². The minimum Gasteiger partial charge on any atom is -0.496 e. The highest BCUT2D eigenvalue weighted by atomic mass is 32.2. The van der Waals surface area contributed by atoms with E-state index >= 15 is 0 Å². The predicted molar refractivity (Wildman–Crippen MR) is 103 cm³/mol. The molecule has 140 valence electrons. The van der Waals surface area contributed by atoms with Crippen molar-refractivity contribution in [1.82, 2.24) is 5.32 Å². The lowest BCUT2D eigenvalue weighted by atomic mass is 10.1. The van der Waals surface area contributed by atoms with E-state index in [4.69, 9.17) is 4.74 Å². The molecule has 0 spiro atoms. The lowest BCUT2D eigenvalue weighted by Gasteiger charge is -2.30. The Labute approximate surface area is 154 Å². The fourth-order valence-electron chi connectivity index (χ4n) is 2.78. The van der Waals surface area contributed by atoms with Crippen molar-refractivity contribution in [3.8, 4) is 5.75 Å². The standard InChI is InChI=1S/C19H24N2O4S/c1-4-17(21(26(3,23)24)16-11-6-5-7-12-16)19(22)20-14-15-10-8-9-13-18(15)25-2/h5-13,17H,4,14H2,1-3H3,(H,20,22)/t17-/m1/s1. The number of anilines is 1. The van der Waals surface area contributed by atoms with Crippen molar-refractivity contribution in [1.29, 1.82) is 0 Å². The maximum atomic E-state index is 12.8. The Morgan fingerprint density at radius 1 is 1.12 bits per heavy atom. The van der Waals surface area contributed by atoms with Crippen molar-refractivity contribution in [3.05, 3.63) is 60.2 Å². The van der Waals surface area contributed by atoms with Gasteiger partial charge in [-0.2, -0.15) is 0 Å². The number of carbonyl (C=O) groups is 1. The second kappa shape index (κ2) is 8.71. The summed E-state index contributed by atoms with van der Waals surface area (Å²) in [6.45, 7) is 2.04. The third-order valence-corrected chi connectivity index (χ3v) is 5.17. The molecule has 2 rings (SSSR count). The van der Waals surface area contributed by atoms with E-state index in [0.29, 0.717) is 17.9 Å². The van der Waals surface area contributed by atoms with Gasteiger partial charge in [-0.25, -0.2) is 8.42 Å². The molecule has 0 heterocycles. The van der Waals surface area contributed by atoms with Crippen molar-refractivity contribution in [3.63, 3.8) is 0 Å². The molecule has 0 bridgehead atoms. The summed E-state index contributed by atoms with van der Waals surface area (Å²) in [5.74, 6) is 0.316. The second-order valence-electron chi connectivity index (χ2n) is 5.85.